The number of rotatable bonds is 3. The third kappa shape index (κ3) is 4.16. The summed E-state index contributed by atoms with van der Waals surface area (Å²) in [5.41, 5.74) is 3.13. The molecule has 0 radical (unpaired) electrons. The highest BCUT2D eigenvalue weighted by atomic mass is 35.5. The number of oxime groups is 1. The lowest BCUT2D eigenvalue weighted by atomic mass is 9.87. The minimum absolute atomic E-state index is 0.0298. The fourth-order valence-corrected chi connectivity index (χ4v) is 3.23. The molecule has 10 heteroatoms. The molecule has 0 unspecified atom stereocenters. The summed E-state index contributed by atoms with van der Waals surface area (Å²) in [5.74, 6) is -3.00. The van der Waals surface area contributed by atoms with Crippen molar-refractivity contribution in [2.24, 2.45) is 10.9 Å². The molecule has 0 spiro atoms. The van der Waals surface area contributed by atoms with Gasteiger partial charge in [0.15, 0.2) is 5.84 Å². The molecular weight excluding hydrogens is 431 g/mol. The topological polar surface area (TPSA) is 78.8 Å². The number of hydrogen-bond acceptors (Lipinski definition) is 3. The molecule has 0 amide bonds. The van der Waals surface area contributed by atoms with E-state index in [9.17, 15) is 27.1 Å². The molecule has 0 aliphatic carbocycles. The quantitative estimate of drug-likeness (QED) is 0.158. The first-order valence-electron chi connectivity index (χ1n) is 8.19. The first-order chi connectivity index (χ1) is 14.0. The summed E-state index contributed by atoms with van der Waals surface area (Å²) in [6.07, 6.45) is -4.86. The van der Waals surface area contributed by atoms with Crippen LogP contribution in [0.5, 0.6) is 5.75 Å². The van der Waals surface area contributed by atoms with E-state index in [1.165, 1.54) is 6.07 Å². The molecule has 0 saturated carbocycles. The van der Waals surface area contributed by atoms with Crippen LogP contribution in [0, 0.1) is 11.6 Å². The van der Waals surface area contributed by atoms with Crippen molar-refractivity contribution in [3.05, 3.63) is 76.3 Å². The molecule has 0 aromatic heterocycles. The van der Waals surface area contributed by atoms with Gasteiger partial charge in [0, 0.05) is 27.8 Å². The molecule has 0 bridgehead atoms. The summed E-state index contributed by atoms with van der Waals surface area (Å²) in [4.78, 5) is 0. The largest absolute Gasteiger partial charge is 0.508 e. The number of halogens is 6. The summed E-state index contributed by atoms with van der Waals surface area (Å²) < 4.78 is 69.1. The minimum Gasteiger partial charge on any atom is -0.508 e. The van der Waals surface area contributed by atoms with Gasteiger partial charge in [0.25, 0.3) is 0 Å². The molecule has 4 nitrogen and oxygen atoms in total. The highest BCUT2D eigenvalue weighted by Crippen LogP contribution is 2.42. The lowest BCUT2D eigenvalue weighted by Crippen LogP contribution is -2.17. The molecule has 3 rings (SSSR count). The van der Waals surface area contributed by atoms with Crippen molar-refractivity contribution in [2.45, 2.75) is 6.18 Å². The predicted octanol–water partition coefficient (Wildman–Crippen LogP) is 5.77. The Bertz CT molecular complexity index is 1140. The lowest BCUT2D eigenvalue weighted by molar-refractivity contribution is -0.137. The van der Waals surface area contributed by atoms with Gasteiger partial charge in [0.1, 0.15) is 17.4 Å². The van der Waals surface area contributed by atoms with Crippen molar-refractivity contribution in [3.63, 3.8) is 0 Å². The molecule has 156 valence electrons. The molecule has 3 aromatic carbocycles. The van der Waals surface area contributed by atoms with Crippen molar-refractivity contribution in [2.75, 3.05) is 0 Å². The van der Waals surface area contributed by atoms with Crippen LogP contribution in [0.4, 0.5) is 22.0 Å². The molecule has 4 N–H and O–H groups in total. The van der Waals surface area contributed by atoms with E-state index in [2.05, 4.69) is 5.16 Å². The van der Waals surface area contributed by atoms with Crippen molar-refractivity contribution in [1.82, 2.24) is 0 Å². The van der Waals surface area contributed by atoms with Gasteiger partial charge in [-0.2, -0.15) is 13.2 Å². The number of phenolic OH excluding ortho intramolecular Hbond substituents is 1. The van der Waals surface area contributed by atoms with Gasteiger partial charge in [-0.3, -0.25) is 0 Å². The molecular formula is C20H12ClF5N2O2. The minimum atomic E-state index is -4.86. The van der Waals surface area contributed by atoms with Crippen LogP contribution in [0.2, 0.25) is 5.02 Å². The van der Waals surface area contributed by atoms with Crippen molar-refractivity contribution < 1.29 is 32.3 Å². The Kier molecular flexibility index (Phi) is 5.58. The number of aromatic hydroxyl groups is 1. The van der Waals surface area contributed by atoms with E-state index in [4.69, 9.17) is 22.5 Å². The number of phenols is 1. The number of benzene rings is 3. The zero-order chi connectivity index (χ0) is 22.2. The third-order valence-electron chi connectivity index (χ3n) is 4.24. The van der Waals surface area contributed by atoms with Gasteiger partial charge in [-0.15, -0.1) is 0 Å². The number of nitrogens with zero attached hydrogens (tertiary/aromatic N) is 1. The van der Waals surface area contributed by atoms with Gasteiger partial charge < -0.3 is 16.0 Å². The van der Waals surface area contributed by atoms with Gasteiger partial charge in [-0.25, -0.2) is 8.78 Å². The van der Waals surface area contributed by atoms with Crippen LogP contribution in [-0.2, 0) is 6.18 Å². The molecule has 0 fully saturated rings. The third-order valence-corrected chi connectivity index (χ3v) is 4.46. The Morgan fingerprint density at radius 2 is 1.67 bits per heavy atom. The number of alkyl halides is 3. The molecule has 0 aliphatic rings. The fraction of sp³-hybridized carbons (Fsp3) is 0.0500. The first kappa shape index (κ1) is 21.4. The average molecular weight is 443 g/mol. The fourth-order valence-electron chi connectivity index (χ4n) is 3.01. The van der Waals surface area contributed by atoms with Gasteiger partial charge in [-0.1, -0.05) is 16.8 Å². The lowest BCUT2D eigenvalue weighted by Gasteiger charge is -2.19. The van der Waals surface area contributed by atoms with Gasteiger partial charge in [0.05, 0.1) is 5.56 Å². The Morgan fingerprint density at radius 1 is 0.967 bits per heavy atom. The van der Waals surface area contributed by atoms with E-state index in [1.807, 2.05) is 0 Å². The smallest absolute Gasteiger partial charge is 0.416 e. The van der Waals surface area contributed by atoms with E-state index >= 15 is 0 Å². The first-order valence-corrected chi connectivity index (χ1v) is 8.57. The second kappa shape index (κ2) is 7.83. The van der Waals surface area contributed by atoms with Crippen molar-refractivity contribution >= 4 is 17.4 Å². The number of amidine groups is 1. The maximum Gasteiger partial charge on any atom is 0.416 e. The van der Waals surface area contributed by atoms with Crippen LogP contribution in [0.15, 0.2) is 53.7 Å². The standard InChI is InChI=1S/C20H12ClF5N2O2/c21-11-3-9(4-12(22)7-11)18-15(14-2-1-13(29)8-17(14)23)5-10(20(24,25)26)6-16(18)19(27)28-30/h1-8,29-30H,(H2,27,28). The highest BCUT2D eigenvalue weighted by molar-refractivity contribution is 6.31. The molecule has 3 aromatic rings. The summed E-state index contributed by atoms with van der Waals surface area (Å²) in [6, 6.07) is 7.27. The Labute approximate surface area is 171 Å². The monoisotopic (exact) mass is 442 g/mol. The summed E-state index contributed by atoms with van der Waals surface area (Å²) in [6.45, 7) is 0. The predicted molar refractivity (Wildman–Crippen MR) is 101 cm³/mol. The van der Waals surface area contributed by atoms with Crippen LogP contribution in [0.3, 0.4) is 0 Å². The normalized spacial score (nSPS) is 12.3. The molecule has 30 heavy (non-hydrogen) atoms. The van der Waals surface area contributed by atoms with E-state index in [0.717, 1.165) is 24.3 Å². The maximum absolute atomic E-state index is 14.6. The highest BCUT2D eigenvalue weighted by Gasteiger charge is 2.33. The number of hydrogen-bond donors (Lipinski definition) is 3. The van der Waals surface area contributed by atoms with Gasteiger partial charge in [0.2, 0.25) is 0 Å². The summed E-state index contributed by atoms with van der Waals surface area (Å²) in [5, 5.41) is 21.2. The van der Waals surface area contributed by atoms with Gasteiger partial charge in [-0.05, 0) is 53.6 Å². The van der Waals surface area contributed by atoms with Crippen LogP contribution in [0.25, 0.3) is 22.3 Å². The van der Waals surface area contributed by atoms with Crippen molar-refractivity contribution in [3.8, 4) is 28.0 Å². The maximum atomic E-state index is 14.6. The molecule has 0 aliphatic heterocycles. The molecule has 0 atom stereocenters. The second-order valence-electron chi connectivity index (χ2n) is 6.25. The summed E-state index contributed by atoms with van der Waals surface area (Å²) in [7, 11) is 0. The van der Waals surface area contributed by atoms with Crippen LogP contribution in [-0.4, -0.2) is 16.1 Å². The zero-order valence-corrected chi connectivity index (χ0v) is 15.6. The van der Waals surface area contributed by atoms with E-state index in [1.54, 1.807) is 0 Å². The van der Waals surface area contributed by atoms with Crippen LogP contribution >= 0.6 is 11.6 Å². The SMILES string of the molecule is N/C(=N/O)c1cc(C(F)(F)F)cc(-c2ccc(O)cc2F)c1-c1cc(F)cc(Cl)c1. The van der Waals surface area contributed by atoms with E-state index < -0.39 is 40.5 Å². The van der Waals surface area contributed by atoms with Crippen LogP contribution < -0.4 is 5.73 Å². The zero-order valence-electron chi connectivity index (χ0n) is 14.8. The van der Waals surface area contributed by atoms with Gasteiger partial charge >= 0.3 is 6.18 Å². The summed E-state index contributed by atoms with van der Waals surface area (Å²) >= 11 is 5.88. The Balaban J connectivity index is 2.51. The Hall–Kier alpha value is -3.33. The second-order valence-corrected chi connectivity index (χ2v) is 6.69. The van der Waals surface area contributed by atoms with Crippen molar-refractivity contribution in [1.29, 1.82) is 0 Å². The number of nitrogens with two attached hydrogens (primary N) is 1. The van der Waals surface area contributed by atoms with E-state index in [0.29, 0.717) is 18.2 Å². The average Bonchev–Trinajstić information content (AvgIpc) is 2.65. The molecule has 0 saturated heterocycles. The Morgan fingerprint density at radius 3 is 2.23 bits per heavy atom. The molecule has 0 heterocycles. The van der Waals surface area contributed by atoms with Crippen LogP contribution in [0.1, 0.15) is 11.1 Å². The van der Waals surface area contributed by atoms with E-state index in [-0.39, 0.29) is 27.3 Å².